The molecule has 1 N–H and O–H groups in total. The average molecular weight is 210 g/mol. The van der Waals surface area contributed by atoms with E-state index in [9.17, 15) is 9.90 Å². The maximum Gasteiger partial charge on any atom is 0.335 e. The largest absolute Gasteiger partial charge is 0.467 e. The molecular formula is C11H14O4. The summed E-state index contributed by atoms with van der Waals surface area (Å²) in [6.07, 6.45) is 2.47. The molecule has 4 nitrogen and oxygen atoms in total. The van der Waals surface area contributed by atoms with Crippen molar-refractivity contribution in [2.24, 2.45) is 0 Å². The summed E-state index contributed by atoms with van der Waals surface area (Å²) in [5.74, 6) is 0.0757. The van der Waals surface area contributed by atoms with Crippen LogP contribution < -0.4 is 0 Å². The van der Waals surface area contributed by atoms with E-state index in [0.717, 1.165) is 5.57 Å². The fraction of sp³-hybridized carbons (Fsp3) is 0.364. The van der Waals surface area contributed by atoms with Gasteiger partial charge in [0.1, 0.15) is 5.76 Å². The molecule has 0 aliphatic rings. The molecule has 0 aliphatic carbocycles. The predicted octanol–water partition coefficient (Wildman–Crippen LogP) is 1.61. The van der Waals surface area contributed by atoms with Gasteiger partial charge >= 0.3 is 5.97 Å². The Bertz CT molecular complexity index is 337. The van der Waals surface area contributed by atoms with E-state index < -0.39 is 12.1 Å². The van der Waals surface area contributed by atoms with Crippen LogP contribution in [0.4, 0.5) is 0 Å². The van der Waals surface area contributed by atoms with E-state index in [-0.39, 0.29) is 6.42 Å². The van der Waals surface area contributed by atoms with Crippen LogP contribution in [0.5, 0.6) is 0 Å². The molecule has 0 radical (unpaired) electrons. The second-order valence-electron chi connectivity index (χ2n) is 3.25. The minimum atomic E-state index is -1.11. The van der Waals surface area contributed by atoms with Crippen molar-refractivity contribution in [1.29, 1.82) is 0 Å². The van der Waals surface area contributed by atoms with E-state index in [0.29, 0.717) is 5.76 Å². The summed E-state index contributed by atoms with van der Waals surface area (Å²) in [6, 6.07) is 3.57. The third-order valence-electron chi connectivity index (χ3n) is 1.92. The summed E-state index contributed by atoms with van der Waals surface area (Å²) >= 11 is 0. The van der Waals surface area contributed by atoms with Gasteiger partial charge in [-0.05, 0) is 25.1 Å². The standard InChI is InChI=1S/C11H14O4/c1-8(6-9-4-3-5-15-9)7-10(12)11(13)14-2/h3-6,10,12H,7H2,1-2H3/b8-6+. The van der Waals surface area contributed by atoms with Gasteiger partial charge in [0, 0.05) is 6.42 Å². The van der Waals surface area contributed by atoms with Crippen LogP contribution in [0.25, 0.3) is 6.08 Å². The number of furan rings is 1. The zero-order valence-electron chi connectivity index (χ0n) is 8.77. The smallest absolute Gasteiger partial charge is 0.335 e. The van der Waals surface area contributed by atoms with Gasteiger partial charge in [-0.3, -0.25) is 0 Å². The number of rotatable bonds is 4. The van der Waals surface area contributed by atoms with E-state index in [4.69, 9.17) is 4.42 Å². The van der Waals surface area contributed by atoms with E-state index >= 15 is 0 Å². The normalized spacial score (nSPS) is 13.7. The molecule has 0 bridgehead atoms. The minimum absolute atomic E-state index is 0.243. The van der Waals surface area contributed by atoms with Crippen LogP contribution in [-0.2, 0) is 9.53 Å². The molecule has 0 amide bonds. The highest BCUT2D eigenvalue weighted by atomic mass is 16.5. The highest BCUT2D eigenvalue weighted by Crippen LogP contribution is 2.12. The lowest BCUT2D eigenvalue weighted by Crippen LogP contribution is -2.21. The average Bonchev–Trinajstić information content (AvgIpc) is 2.68. The topological polar surface area (TPSA) is 59.7 Å². The Hall–Kier alpha value is -1.55. The summed E-state index contributed by atoms with van der Waals surface area (Å²) in [7, 11) is 1.25. The Balaban J connectivity index is 2.55. The van der Waals surface area contributed by atoms with E-state index in [1.165, 1.54) is 7.11 Å². The second-order valence-corrected chi connectivity index (χ2v) is 3.25. The molecule has 1 heterocycles. The number of aliphatic hydroxyl groups excluding tert-OH is 1. The first-order valence-corrected chi connectivity index (χ1v) is 4.60. The van der Waals surface area contributed by atoms with E-state index in [1.807, 2.05) is 6.92 Å². The van der Waals surface area contributed by atoms with Crippen LogP contribution in [-0.4, -0.2) is 24.3 Å². The molecule has 1 rings (SSSR count). The number of aliphatic hydroxyl groups is 1. The molecule has 1 atom stereocenters. The lowest BCUT2D eigenvalue weighted by atomic mass is 10.1. The summed E-state index contributed by atoms with van der Waals surface area (Å²) in [4.78, 5) is 10.9. The molecule has 0 saturated heterocycles. The van der Waals surface area contributed by atoms with Crippen molar-refractivity contribution >= 4 is 12.0 Å². The minimum Gasteiger partial charge on any atom is -0.467 e. The fourth-order valence-electron chi connectivity index (χ4n) is 1.20. The highest BCUT2D eigenvalue weighted by Gasteiger charge is 2.15. The molecule has 82 valence electrons. The van der Waals surface area contributed by atoms with Crippen molar-refractivity contribution < 1.29 is 19.1 Å². The third kappa shape index (κ3) is 3.59. The van der Waals surface area contributed by atoms with Crippen molar-refractivity contribution in [3.05, 3.63) is 29.7 Å². The number of hydrogen-bond acceptors (Lipinski definition) is 4. The number of carbonyl (C=O) groups is 1. The van der Waals surface area contributed by atoms with Crippen LogP contribution in [0.1, 0.15) is 19.1 Å². The molecule has 0 aromatic carbocycles. The maximum absolute atomic E-state index is 10.9. The van der Waals surface area contributed by atoms with Crippen LogP contribution in [0.2, 0.25) is 0 Å². The molecule has 1 unspecified atom stereocenters. The van der Waals surface area contributed by atoms with Crippen molar-refractivity contribution in [1.82, 2.24) is 0 Å². The first kappa shape index (κ1) is 11.5. The van der Waals surface area contributed by atoms with Crippen LogP contribution in [0, 0.1) is 0 Å². The molecule has 0 fully saturated rings. The van der Waals surface area contributed by atoms with E-state index in [1.54, 1.807) is 24.5 Å². The number of ether oxygens (including phenoxy) is 1. The van der Waals surface area contributed by atoms with Crippen LogP contribution >= 0.6 is 0 Å². The molecular weight excluding hydrogens is 196 g/mol. The van der Waals surface area contributed by atoms with Gasteiger partial charge < -0.3 is 14.3 Å². The maximum atomic E-state index is 10.9. The van der Waals surface area contributed by atoms with Gasteiger partial charge in [0.25, 0.3) is 0 Å². The molecule has 1 aromatic rings. The lowest BCUT2D eigenvalue weighted by Gasteiger charge is -2.07. The molecule has 0 saturated carbocycles. The van der Waals surface area contributed by atoms with Gasteiger partial charge in [-0.2, -0.15) is 0 Å². The fourth-order valence-corrected chi connectivity index (χ4v) is 1.20. The Morgan fingerprint density at radius 1 is 1.73 bits per heavy atom. The van der Waals surface area contributed by atoms with Gasteiger partial charge in [0.05, 0.1) is 13.4 Å². The summed E-state index contributed by atoms with van der Waals surface area (Å²) < 4.78 is 9.51. The number of esters is 1. The number of carbonyl (C=O) groups excluding carboxylic acids is 1. The summed E-state index contributed by atoms with van der Waals surface area (Å²) in [6.45, 7) is 1.81. The highest BCUT2D eigenvalue weighted by molar-refractivity contribution is 5.74. The molecule has 4 heteroatoms. The lowest BCUT2D eigenvalue weighted by molar-refractivity contribution is -0.150. The molecule has 1 aromatic heterocycles. The van der Waals surface area contributed by atoms with Gasteiger partial charge in [-0.1, -0.05) is 5.57 Å². The number of hydrogen-bond donors (Lipinski definition) is 1. The Morgan fingerprint density at radius 3 is 3.00 bits per heavy atom. The second kappa shape index (κ2) is 5.36. The van der Waals surface area contributed by atoms with Crippen LogP contribution in [0.15, 0.2) is 28.4 Å². The quantitative estimate of drug-likeness (QED) is 0.767. The van der Waals surface area contributed by atoms with Crippen molar-refractivity contribution in [3.8, 4) is 0 Å². The zero-order chi connectivity index (χ0) is 11.3. The molecule has 0 spiro atoms. The van der Waals surface area contributed by atoms with Crippen molar-refractivity contribution in [3.63, 3.8) is 0 Å². The first-order valence-electron chi connectivity index (χ1n) is 4.60. The van der Waals surface area contributed by atoms with Crippen molar-refractivity contribution in [2.45, 2.75) is 19.4 Å². The van der Waals surface area contributed by atoms with Crippen molar-refractivity contribution in [2.75, 3.05) is 7.11 Å². The van der Waals surface area contributed by atoms with Gasteiger partial charge in [0.2, 0.25) is 0 Å². The Kier molecular flexibility index (Phi) is 4.12. The number of methoxy groups -OCH3 is 1. The summed E-state index contributed by atoms with van der Waals surface area (Å²) in [5, 5.41) is 9.37. The van der Waals surface area contributed by atoms with Gasteiger partial charge in [-0.15, -0.1) is 0 Å². The van der Waals surface area contributed by atoms with E-state index in [2.05, 4.69) is 4.74 Å². The molecule has 15 heavy (non-hydrogen) atoms. The van der Waals surface area contributed by atoms with Gasteiger partial charge in [0.15, 0.2) is 6.10 Å². The Labute approximate surface area is 88.2 Å². The third-order valence-corrected chi connectivity index (χ3v) is 1.92. The predicted molar refractivity (Wildman–Crippen MR) is 55.0 cm³/mol. The first-order chi connectivity index (χ1) is 7.13. The monoisotopic (exact) mass is 210 g/mol. The zero-order valence-corrected chi connectivity index (χ0v) is 8.77. The van der Waals surface area contributed by atoms with Crippen LogP contribution in [0.3, 0.4) is 0 Å². The van der Waals surface area contributed by atoms with Gasteiger partial charge in [-0.25, -0.2) is 4.79 Å². The Morgan fingerprint density at radius 2 is 2.47 bits per heavy atom. The SMILES string of the molecule is COC(=O)C(O)C/C(C)=C/c1ccco1. The molecule has 0 aliphatic heterocycles. The summed E-state index contributed by atoms with van der Waals surface area (Å²) in [5.41, 5.74) is 0.850.